The molecule has 0 aliphatic heterocycles. The van der Waals surface area contributed by atoms with E-state index in [2.05, 4.69) is 5.32 Å². The lowest BCUT2D eigenvalue weighted by atomic mass is 10.2. The average molecular weight is 384 g/mol. The van der Waals surface area contributed by atoms with E-state index in [4.69, 9.17) is 27.9 Å². The maximum absolute atomic E-state index is 12.1. The van der Waals surface area contributed by atoms with Crippen LogP contribution in [0, 0.1) is 6.92 Å². The van der Waals surface area contributed by atoms with Crippen molar-refractivity contribution in [2.75, 3.05) is 18.2 Å². The highest BCUT2D eigenvalue weighted by atomic mass is 35.5. The summed E-state index contributed by atoms with van der Waals surface area (Å²) < 4.78 is 5.26. The zero-order valence-electron chi connectivity index (χ0n) is 13.6. The zero-order valence-corrected chi connectivity index (χ0v) is 15.9. The Morgan fingerprint density at radius 1 is 1.17 bits per heavy atom. The molecule has 1 N–H and O–H groups in total. The Hall–Kier alpha value is -1.36. The lowest BCUT2D eigenvalue weighted by molar-refractivity contribution is -0.115. The van der Waals surface area contributed by atoms with Gasteiger partial charge in [0.15, 0.2) is 0 Å². The number of anilines is 1. The molecule has 0 aliphatic rings. The molecule has 1 amide bonds. The number of amides is 1. The Bertz CT molecular complexity index is 722. The van der Waals surface area contributed by atoms with Crippen molar-refractivity contribution in [3.63, 3.8) is 0 Å². The molecule has 3 nitrogen and oxygen atoms in total. The number of benzene rings is 2. The van der Waals surface area contributed by atoms with Crippen molar-refractivity contribution in [1.29, 1.82) is 0 Å². The fraction of sp³-hybridized carbons (Fsp3) is 0.278. The molecule has 0 fully saturated rings. The molecule has 0 saturated carbocycles. The number of thioether (sulfide) groups is 1. The molecule has 128 valence electrons. The van der Waals surface area contributed by atoms with E-state index in [-0.39, 0.29) is 5.91 Å². The van der Waals surface area contributed by atoms with Crippen molar-refractivity contribution in [2.45, 2.75) is 19.1 Å². The predicted octanol–water partition coefficient (Wildman–Crippen LogP) is 5.57. The monoisotopic (exact) mass is 383 g/mol. The van der Waals surface area contributed by atoms with Crippen LogP contribution in [0.1, 0.15) is 17.5 Å². The normalized spacial score (nSPS) is 10.5. The maximum atomic E-state index is 12.1. The molecule has 0 radical (unpaired) electrons. The van der Waals surface area contributed by atoms with Crippen LogP contribution in [-0.4, -0.2) is 18.8 Å². The van der Waals surface area contributed by atoms with Crippen LogP contribution in [0.4, 0.5) is 5.69 Å². The summed E-state index contributed by atoms with van der Waals surface area (Å²) in [5, 5.41) is 4.01. The van der Waals surface area contributed by atoms with Crippen molar-refractivity contribution in [3.05, 3.63) is 57.6 Å². The molecular formula is C18H19Cl2NO2S. The Morgan fingerprint density at radius 2 is 1.96 bits per heavy atom. The summed E-state index contributed by atoms with van der Waals surface area (Å²) in [6.45, 7) is 1.97. The maximum Gasteiger partial charge on any atom is 0.225 e. The van der Waals surface area contributed by atoms with Crippen LogP contribution in [0.5, 0.6) is 5.75 Å². The van der Waals surface area contributed by atoms with Gasteiger partial charge >= 0.3 is 0 Å². The molecule has 0 spiro atoms. The number of methoxy groups -OCH3 is 1. The molecule has 0 heterocycles. The van der Waals surface area contributed by atoms with E-state index in [1.165, 1.54) is 0 Å². The predicted molar refractivity (Wildman–Crippen MR) is 104 cm³/mol. The van der Waals surface area contributed by atoms with Gasteiger partial charge in [0.05, 0.1) is 22.8 Å². The summed E-state index contributed by atoms with van der Waals surface area (Å²) in [7, 11) is 1.59. The van der Waals surface area contributed by atoms with Crippen LogP contribution in [0.25, 0.3) is 0 Å². The fourth-order valence-electron chi connectivity index (χ4n) is 2.12. The van der Waals surface area contributed by atoms with E-state index in [1.807, 2.05) is 37.3 Å². The van der Waals surface area contributed by atoms with Gasteiger partial charge in [0.25, 0.3) is 0 Å². The molecule has 0 aromatic heterocycles. The van der Waals surface area contributed by atoms with E-state index < -0.39 is 0 Å². The molecule has 0 bridgehead atoms. The third-order valence-electron chi connectivity index (χ3n) is 3.36. The van der Waals surface area contributed by atoms with E-state index in [0.29, 0.717) is 27.9 Å². The van der Waals surface area contributed by atoms with Crippen LogP contribution in [0.15, 0.2) is 36.4 Å². The summed E-state index contributed by atoms with van der Waals surface area (Å²) in [5.41, 5.74) is 2.87. The molecule has 2 aromatic rings. The Morgan fingerprint density at radius 3 is 2.67 bits per heavy atom. The van der Waals surface area contributed by atoms with Gasteiger partial charge in [0.1, 0.15) is 5.75 Å². The van der Waals surface area contributed by atoms with Crippen molar-refractivity contribution < 1.29 is 9.53 Å². The molecular weight excluding hydrogens is 365 g/mol. The van der Waals surface area contributed by atoms with E-state index >= 15 is 0 Å². The summed E-state index contributed by atoms with van der Waals surface area (Å²) >= 11 is 13.6. The number of ether oxygens (including phenoxy) is 1. The van der Waals surface area contributed by atoms with Gasteiger partial charge in [-0.2, -0.15) is 11.8 Å². The van der Waals surface area contributed by atoms with Crippen LogP contribution in [0.3, 0.4) is 0 Å². The van der Waals surface area contributed by atoms with Gasteiger partial charge in [-0.15, -0.1) is 0 Å². The topological polar surface area (TPSA) is 38.3 Å². The lowest BCUT2D eigenvalue weighted by Crippen LogP contribution is -2.13. The van der Waals surface area contributed by atoms with Crippen LogP contribution in [0.2, 0.25) is 10.0 Å². The largest absolute Gasteiger partial charge is 0.495 e. The Balaban J connectivity index is 1.79. The first-order chi connectivity index (χ1) is 11.5. The minimum absolute atomic E-state index is 0.0273. The third kappa shape index (κ3) is 5.62. The van der Waals surface area contributed by atoms with E-state index in [1.54, 1.807) is 24.9 Å². The zero-order chi connectivity index (χ0) is 17.5. The lowest BCUT2D eigenvalue weighted by Gasteiger charge is -2.11. The van der Waals surface area contributed by atoms with E-state index in [0.717, 1.165) is 22.6 Å². The summed E-state index contributed by atoms with van der Waals surface area (Å²) in [6, 6.07) is 11.3. The number of rotatable bonds is 7. The summed E-state index contributed by atoms with van der Waals surface area (Å²) in [6.07, 6.45) is 0.434. The number of halogens is 2. The van der Waals surface area contributed by atoms with Gasteiger partial charge in [-0.05, 0) is 42.3 Å². The van der Waals surface area contributed by atoms with Crippen molar-refractivity contribution in [1.82, 2.24) is 0 Å². The quantitative estimate of drug-likeness (QED) is 0.634. The van der Waals surface area contributed by atoms with Crippen molar-refractivity contribution >= 4 is 46.6 Å². The van der Waals surface area contributed by atoms with Gasteiger partial charge < -0.3 is 10.1 Å². The van der Waals surface area contributed by atoms with Gasteiger partial charge in [0.2, 0.25) is 5.91 Å². The van der Waals surface area contributed by atoms with E-state index in [9.17, 15) is 4.79 Å². The number of hydrogen-bond donors (Lipinski definition) is 1. The highest BCUT2D eigenvalue weighted by Crippen LogP contribution is 2.26. The number of aryl methyl sites for hydroxylation is 1. The minimum atomic E-state index is -0.0273. The molecule has 0 aliphatic carbocycles. The van der Waals surface area contributed by atoms with Gasteiger partial charge in [-0.3, -0.25) is 4.79 Å². The number of carbonyl (C=O) groups is 1. The summed E-state index contributed by atoms with van der Waals surface area (Å²) in [4.78, 5) is 12.1. The first-order valence-electron chi connectivity index (χ1n) is 7.45. The second-order valence-electron chi connectivity index (χ2n) is 5.30. The molecule has 24 heavy (non-hydrogen) atoms. The number of carbonyl (C=O) groups excluding carboxylic acids is 1. The highest BCUT2D eigenvalue weighted by Gasteiger charge is 2.08. The highest BCUT2D eigenvalue weighted by molar-refractivity contribution is 7.98. The molecule has 0 saturated heterocycles. The number of nitrogens with one attached hydrogen (secondary N) is 1. The van der Waals surface area contributed by atoms with Gasteiger partial charge in [-0.25, -0.2) is 0 Å². The van der Waals surface area contributed by atoms with Crippen molar-refractivity contribution in [2.24, 2.45) is 0 Å². The van der Waals surface area contributed by atoms with Gasteiger partial charge in [-0.1, -0.05) is 35.3 Å². The third-order valence-corrected chi connectivity index (χ3v) is 5.12. The second-order valence-corrected chi connectivity index (χ2v) is 7.22. The van der Waals surface area contributed by atoms with Crippen molar-refractivity contribution in [3.8, 4) is 5.75 Å². The summed E-state index contributed by atoms with van der Waals surface area (Å²) in [5.74, 6) is 2.15. The van der Waals surface area contributed by atoms with Crippen LogP contribution < -0.4 is 10.1 Å². The Labute approximate surface area is 156 Å². The first kappa shape index (κ1) is 19.0. The fourth-order valence-corrected chi connectivity index (χ4v) is 3.33. The smallest absolute Gasteiger partial charge is 0.225 e. The Kier molecular flexibility index (Phi) is 7.28. The molecule has 0 unspecified atom stereocenters. The average Bonchev–Trinajstić information content (AvgIpc) is 2.55. The van der Waals surface area contributed by atoms with Crippen LogP contribution in [-0.2, 0) is 10.5 Å². The minimum Gasteiger partial charge on any atom is -0.495 e. The molecule has 2 aromatic carbocycles. The SMILES string of the molecule is COc1ccc(C)cc1NC(=O)CCSCc1ccc(Cl)c(Cl)c1. The molecule has 6 heteroatoms. The molecule has 2 rings (SSSR count). The molecule has 0 atom stereocenters. The van der Waals surface area contributed by atoms with Gasteiger partial charge in [0, 0.05) is 17.9 Å². The second kappa shape index (κ2) is 9.21. The first-order valence-corrected chi connectivity index (χ1v) is 9.37. The number of hydrogen-bond acceptors (Lipinski definition) is 3. The van der Waals surface area contributed by atoms with Crippen LogP contribution >= 0.6 is 35.0 Å². The standard InChI is InChI=1S/C18H19Cl2NO2S/c1-12-3-6-17(23-2)16(9-12)21-18(22)7-8-24-11-13-4-5-14(19)15(20)10-13/h3-6,9-10H,7-8,11H2,1-2H3,(H,21,22).